The SMILES string of the molecule is Cc1ccc(C(=O)c2ccc(Cc3ccc(NS(C)(=O)=O)cn3)n2C)c(C)c1. The first-order chi connectivity index (χ1) is 13.1. The predicted molar refractivity (Wildman–Crippen MR) is 110 cm³/mol. The van der Waals surface area contributed by atoms with Crippen LogP contribution < -0.4 is 4.72 Å². The maximum absolute atomic E-state index is 12.9. The van der Waals surface area contributed by atoms with Crippen molar-refractivity contribution in [3.63, 3.8) is 0 Å². The number of carbonyl (C=O) groups excluding carboxylic acids is 1. The predicted octanol–water partition coefficient (Wildman–Crippen LogP) is 3.23. The zero-order valence-corrected chi connectivity index (χ0v) is 17.2. The van der Waals surface area contributed by atoms with Gasteiger partial charge in [0.15, 0.2) is 0 Å². The minimum absolute atomic E-state index is 0.00749. The average molecular weight is 398 g/mol. The molecule has 3 aromatic rings. The van der Waals surface area contributed by atoms with Crippen molar-refractivity contribution in [2.45, 2.75) is 20.3 Å². The van der Waals surface area contributed by atoms with Crippen LogP contribution in [-0.2, 0) is 23.5 Å². The number of benzene rings is 1. The molecule has 0 aliphatic rings. The Kier molecular flexibility index (Phi) is 5.38. The summed E-state index contributed by atoms with van der Waals surface area (Å²) < 4.78 is 26.8. The van der Waals surface area contributed by atoms with Gasteiger partial charge >= 0.3 is 0 Å². The quantitative estimate of drug-likeness (QED) is 0.648. The smallest absolute Gasteiger partial charge is 0.229 e. The van der Waals surface area contributed by atoms with Gasteiger partial charge in [-0.25, -0.2) is 8.42 Å². The van der Waals surface area contributed by atoms with Crippen molar-refractivity contribution in [3.8, 4) is 0 Å². The Morgan fingerprint density at radius 2 is 1.86 bits per heavy atom. The third kappa shape index (κ3) is 4.48. The number of aromatic nitrogens is 2. The lowest BCUT2D eigenvalue weighted by molar-refractivity contribution is 0.103. The molecule has 7 heteroatoms. The molecule has 0 unspecified atom stereocenters. The number of aryl methyl sites for hydroxylation is 2. The monoisotopic (exact) mass is 397 g/mol. The lowest BCUT2D eigenvalue weighted by Crippen LogP contribution is -2.11. The molecule has 0 aliphatic heterocycles. The number of rotatable bonds is 6. The summed E-state index contributed by atoms with van der Waals surface area (Å²) in [4.78, 5) is 17.3. The number of nitrogens with one attached hydrogen (secondary N) is 1. The maximum Gasteiger partial charge on any atom is 0.229 e. The molecule has 1 N–H and O–H groups in total. The van der Waals surface area contributed by atoms with Gasteiger partial charge in [-0.05, 0) is 43.7 Å². The van der Waals surface area contributed by atoms with Crippen molar-refractivity contribution >= 4 is 21.5 Å². The summed E-state index contributed by atoms with van der Waals surface area (Å²) in [6, 6.07) is 13.0. The maximum atomic E-state index is 12.9. The molecule has 0 atom stereocenters. The van der Waals surface area contributed by atoms with Gasteiger partial charge in [0, 0.05) is 30.4 Å². The van der Waals surface area contributed by atoms with Crippen LogP contribution >= 0.6 is 0 Å². The van der Waals surface area contributed by atoms with Crippen LogP contribution in [0, 0.1) is 13.8 Å². The number of hydrogen-bond acceptors (Lipinski definition) is 4. The van der Waals surface area contributed by atoms with Gasteiger partial charge in [-0.15, -0.1) is 0 Å². The van der Waals surface area contributed by atoms with E-state index in [9.17, 15) is 13.2 Å². The van der Waals surface area contributed by atoms with E-state index in [0.29, 0.717) is 23.4 Å². The van der Waals surface area contributed by atoms with Crippen molar-refractivity contribution in [3.05, 3.63) is 82.4 Å². The third-order valence-corrected chi connectivity index (χ3v) is 5.18. The summed E-state index contributed by atoms with van der Waals surface area (Å²) in [7, 11) is -1.46. The number of nitrogens with zero attached hydrogens (tertiary/aromatic N) is 2. The molecule has 6 nitrogen and oxygen atoms in total. The molecule has 28 heavy (non-hydrogen) atoms. The Morgan fingerprint density at radius 3 is 2.46 bits per heavy atom. The van der Waals surface area contributed by atoms with E-state index in [1.54, 1.807) is 12.1 Å². The summed E-state index contributed by atoms with van der Waals surface area (Å²) in [5, 5.41) is 0. The Morgan fingerprint density at radius 1 is 1.11 bits per heavy atom. The van der Waals surface area contributed by atoms with Crippen molar-refractivity contribution in [2.24, 2.45) is 7.05 Å². The second-order valence-electron chi connectivity index (χ2n) is 7.01. The van der Waals surface area contributed by atoms with Crippen LogP contribution in [0.5, 0.6) is 0 Å². The van der Waals surface area contributed by atoms with Crippen LogP contribution in [-0.4, -0.2) is 30.0 Å². The van der Waals surface area contributed by atoms with Crippen molar-refractivity contribution < 1.29 is 13.2 Å². The highest BCUT2D eigenvalue weighted by Crippen LogP contribution is 2.19. The molecule has 0 spiro atoms. The van der Waals surface area contributed by atoms with E-state index in [-0.39, 0.29) is 5.78 Å². The number of sulfonamides is 1. The Bertz CT molecular complexity index is 1130. The molecule has 0 saturated heterocycles. The van der Waals surface area contributed by atoms with Crippen molar-refractivity contribution in [2.75, 3.05) is 11.0 Å². The van der Waals surface area contributed by atoms with Gasteiger partial charge in [0.25, 0.3) is 0 Å². The Hall–Kier alpha value is -2.93. The highest BCUT2D eigenvalue weighted by atomic mass is 32.2. The lowest BCUT2D eigenvalue weighted by Gasteiger charge is -2.10. The molecule has 0 fully saturated rings. The van der Waals surface area contributed by atoms with Crippen LogP contribution in [0.2, 0.25) is 0 Å². The normalized spacial score (nSPS) is 11.4. The fourth-order valence-corrected chi connectivity index (χ4v) is 3.70. The zero-order valence-electron chi connectivity index (χ0n) is 16.4. The van der Waals surface area contributed by atoms with E-state index < -0.39 is 10.0 Å². The minimum atomic E-state index is -3.33. The number of ketones is 1. The molecule has 3 rings (SSSR count). The molecule has 0 radical (unpaired) electrons. The first-order valence-corrected chi connectivity index (χ1v) is 10.7. The molecule has 0 saturated carbocycles. The van der Waals surface area contributed by atoms with E-state index in [2.05, 4.69) is 9.71 Å². The molecule has 2 heterocycles. The van der Waals surface area contributed by atoms with Gasteiger partial charge < -0.3 is 4.57 Å². The minimum Gasteiger partial charge on any atom is -0.345 e. The van der Waals surface area contributed by atoms with E-state index in [0.717, 1.165) is 28.8 Å². The molecule has 0 aliphatic carbocycles. The average Bonchev–Trinajstić information content (AvgIpc) is 2.95. The van der Waals surface area contributed by atoms with Crippen LogP contribution in [0.1, 0.15) is 38.6 Å². The first-order valence-electron chi connectivity index (χ1n) is 8.83. The summed E-state index contributed by atoms with van der Waals surface area (Å²) in [5.41, 5.74) is 5.56. The third-order valence-electron chi connectivity index (χ3n) is 4.58. The standard InChI is InChI=1S/C21H23N3O3S/c1-14-5-9-19(15(2)11-14)21(25)20-10-8-18(24(20)3)12-16-6-7-17(13-22-16)23-28(4,26)27/h5-11,13,23H,12H2,1-4H3. The van der Waals surface area contributed by atoms with E-state index in [1.807, 2.05) is 55.8 Å². The summed E-state index contributed by atoms with van der Waals surface area (Å²) in [5.74, 6) is -0.00749. The van der Waals surface area contributed by atoms with Gasteiger partial charge in [-0.2, -0.15) is 0 Å². The number of carbonyl (C=O) groups is 1. The lowest BCUT2D eigenvalue weighted by atomic mass is 10.0. The molecule has 0 amide bonds. The first kappa shape index (κ1) is 19.8. The second-order valence-corrected chi connectivity index (χ2v) is 8.75. The van der Waals surface area contributed by atoms with Crippen molar-refractivity contribution in [1.82, 2.24) is 9.55 Å². The Balaban J connectivity index is 1.80. The van der Waals surface area contributed by atoms with Gasteiger partial charge in [0.2, 0.25) is 15.8 Å². The van der Waals surface area contributed by atoms with Gasteiger partial charge in [-0.3, -0.25) is 14.5 Å². The van der Waals surface area contributed by atoms with Crippen molar-refractivity contribution in [1.29, 1.82) is 0 Å². The van der Waals surface area contributed by atoms with Gasteiger partial charge in [0.05, 0.1) is 23.8 Å². The number of pyridine rings is 1. The molecule has 0 bridgehead atoms. The fraction of sp³-hybridized carbons (Fsp3) is 0.238. The van der Waals surface area contributed by atoms with Crippen LogP contribution in [0.15, 0.2) is 48.7 Å². The topological polar surface area (TPSA) is 81.1 Å². The fourth-order valence-electron chi connectivity index (χ4n) is 3.15. The molecular weight excluding hydrogens is 374 g/mol. The summed E-state index contributed by atoms with van der Waals surface area (Å²) >= 11 is 0. The number of hydrogen-bond donors (Lipinski definition) is 1. The molecule has 2 aromatic heterocycles. The zero-order chi connectivity index (χ0) is 20.5. The van der Waals surface area contributed by atoms with Crippen LogP contribution in [0.25, 0.3) is 0 Å². The van der Waals surface area contributed by atoms with E-state index in [4.69, 9.17) is 0 Å². The number of anilines is 1. The van der Waals surface area contributed by atoms with Gasteiger partial charge in [0.1, 0.15) is 0 Å². The van der Waals surface area contributed by atoms with E-state index >= 15 is 0 Å². The van der Waals surface area contributed by atoms with Gasteiger partial charge in [-0.1, -0.05) is 23.8 Å². The van der Waals surface area contributed by atoms with Crippen LogP contribution in [0.4, 0.5) is 5.69 Å². The molecule has 146 valence electrons. The Labute approximate surface area is 165 Å². The highest BCUT2D eigenvalue weighted by molar-refractivity contribution is 7.92. The molecular formula is C21H23N3O3S. The van der Waals surface area contributed by atoms with E-state index in [1.165, 1.54) is 6.20 Å². The summed E-state index contributed by atoms with van der Waals surface area (Å²) in [6.45, 7) is 3.95. The van der Waals surface area contributed by atoms with Crippen LogP contribution in [0.3, 0.4) is 0 Å². The largest absolute Gasteiger partial charge is 0.345 e. The molecule has 1 aromatic carbocycles. The second kappa shape index (κ2) is 7.59. The highest BCUT2D eigenvalue weighted by Gasteiger charge is 2.17. The summed E-state index contributed by atoms with van der Waals surface area (Å²) in [6.07, 6.45) is 3.12.